The molecule has 0 aromatic rings. The first kappa shape index (κ1) is 33.8. The molecule has 1 unspecified atom stereocenters. The summed E-state index contributed by atoms with van der Waals surface area (Å²) in [5.74, 6) is 1.20. The van der Waals surface area contributed by atoms with Crippen LogP contribution in [0.2, 0.25) is 0 Å². The molecule has 0 saturated heterocycles. The van der Waals surface area contributed by atoms with Gasteiger partial charge < -0.3 is 11.1 Å². The number of carbonyl (C=O) groups is 1. The molecular formula is C28H64N2OS. The maximum Gasteiger partial charge on any atom is 0.312 e. The van der Waals surface area contributed by atoms with E-state index >= 15 is 0 Å². The molecular weight excluding hydrogens is 412 g/mol. The lowest BCUT2D eigenvalue weighted by molar-refractivity contribution is 0.249. The van der Waals surface area contributed by atoms with Gasteiger partial charge in [-0.3, -0.25) is 0 Å². The summed E-state index contributed by atoms with van der Waals surface area (Å²) in [6.07, 6.45) is 27.9. The van der Waals surface area contributed by atoms with E-state index in [0.29, 0.717) is 11.8 Å². The number of carbonyl (C=O) groups excluding carboxylic acids is 1. The number of nitrogens with one attached hydrogen (secondary N) is 1. The lowest BCUT2D eigenvalue weighted by Crippen LogP contribution is -2.34. The van der Waals surface area contributed by atoms with Gasteiger partial charge in [0.2, 0.25) is 0 Å². The number of nitrogens with two attached hydrogens (primary N) is 1. The van der Waals surface area contributed by atoms with E-state index in [1.54, 1.807) is 0 Å². The maximum absolute atomic E-state index is 10.7. The Labute approximate surface area is 210 Å². The van der Waals surface area contributed by atoms with Gasteiger partial charge in [0.25, 0.3) is 0 Å². The molecule has 0 aromatic heterocycles. The molecule has 0 radical (unpaired) electrons. The minimum atomic E-state index is -0.410. The van der Waals surface area contributed by atoms with Gasteiger partial charge in [-0.15, -0.1) is 0 Å². The van der Waals surface area contributed by atoms with Crippen LogP contribution in [-0.4, -0.2) is 23.6 Å². The Balaban J connectivity index is -0.000000279. The first-order valence-corrected chi connectivity index (χ1v) is 15.3. The molecule has 3 nitrogen and oxygen atoms in total. The Morgan fingerprint density at radius 1 is 0.656 bits per heavy atom. The van der Waals surface area contributed by atoms with Gasteiger partial charge in [-0.2, -0.15) is 11.8 Å². The Kier molecular flexibility index (Phi) is 32.3. The van der Waals surface area contributed by atoms with Gasteiger partial charge in [-0.25, -0.2) is 4.79 Å². The number of unbranched alkanes of at least 4 members (excludes halogenated alkanes) is 17. The molecule has 2 amide bonds. The SMILES string of the molecule is CCCCCCCCCCCC.CCCCCCCCCCCSC(CC)CNC(N)=O.[HH].[HH]. The van der Waals surface area contributed by atoms with Gasteiger partial charge in [-0.1, -0.05) is 143 Å². The smallest absolute Gasteiger partial charge is 0.312 e. The summed E-state index contributed by atoms with van der Waals surface area (Å²) in [7, 11) is 0. The monoisotopic (exact) mass is 476 g/mol. The largest absolute Gasteiger partial charge is 0.352 e. The highest BCUT2D eigenvalue weighted by Crippen LogP contribution is 2.17. The summed E-state index contributed by atoms with van der Waals surface area (Å²) in [4.78, 5) is 10.7. The topological polar surface area (TPSA) is 55.1 Å². The number of rotatable bonds is 23. The number of hydrogen-bond donors (Lipinski definition) is 2. The van der Waals surface area contributed by atoms with Crippen molar-refractivity contribution < 1.29 is 7.65 Å². The third-order valence-electron chi connectivity index (χ3n) is 6.02. The van der Waals surface area contributed by atoms with E-state index < -0.39 is 6.03 Å². The first-order valence-electron chi connectivity index (χ1n) is 14.3. The zero-order valence-electron chi connectivity index (χ0n) is 22.5. The number of thioether (sulfide) groups is 1. The van der Waals surface area contributed by atoms with Gasteiger partial charge >= 0.3 is 6.03 Å². The second-order valence-corrected chi connectivity index (χ2v) is 10.7. The summed E-state index contributed by atoms with van der Waals surface area (Å²) in [5, 5.41) is 3.21. The predicted molar refractivity (Wildman–Crippen MR) is 153 cm³/mol. The lowest BCUT2D eigenvalue weighted by atomic mass is 10.1. The normalized spacial score (nSPS) is 11.6. The van der Waals surface area contributed by atoms with Crippen LogP contribution in [0.5, 0.6) is 0 Å². The molecule has 0 bridgehead atoms. The highest BCUT2D eigenvalue weighted by atomic mass is 32.2. The van der Waals surface area contributed by atoms with Gasteiger partial charge in [0.05, 0.1) is 0 Å². The van der Waals surface area contributed by atoms with Crippen molar-refractivity contribution in [1.82, 2.24) is 5.32 Å². The number of amides is 2. The van der Waals surface area contributed by atoms with Crippen LogP contribution in [-0.2, 0) is 0 Å². The fourth-order valence-corrected chi connectivity index (χ4v) is 4.90. The fraction of sp³-hybridized carbons (Fsp3) is 0.964. The number of urea groups is 1. The van der Waals surface area contributed by atoms with E-state index in [2.05, 4.69) is 33.0 Å². The summed E-state index contributed by atoms with van der Waals surface area (Å²) < 4.78 is 0. The zero-order valence-corrected chi connectivity index (χ0v) is 23.3. The van der Waals surface area contributed by atoms with E-state index in [4.69, 9.17) is 5.73 Å². The Bertz CT molecular complexity index is 353. The van der Waals surface area contributed by atoms with Crippen LogP contribution in [0.3, 0.4) is 0 Å². The van der Waals surface area contributed by atoms with E-state index in [0.717, 1.165) is 6.42 Å². The van der Waals surface area contributed by atoms with Crippen molar-refractivity contribution in [2.24, 2.45) is 5.73 Å². The van der Waals surface area contributed by atoms with Crippen molar-refractivity contribution in [3.05, 3.63) is 0 Å². The summed E-state index contributed by atoms with van der Waals surface area (Å²) >= 11 is 1.97. The van der Waals surface area contributed by atoms with E-state index in [9.17, 15) is 4.79 Å². The molecule has 0 aliphatic heterocycles. The molecule has 0 saturated carbocycles. The van der Waals surface area contributed by atoms with Crippen LogP contribution >= 0.6 is 11.8 Å². The minimum Gasteiger partial charge on any atom is -0.352 e. The maximum atomic E-state index is 10.7. The van der Waals surface area contributed by atoms with E-state index in [1.165, 1.54) is 128 Å². The molecule has 0 heterocycles. The molecule has 0 aromatic carbocycles. The van der Waals surface area contributed by atoms with Gasteiger partial charge in [0.15, 0.2) is 0 Å². The lowest BCUT2D eigenvalue weighted by Gasteiger charge is -2.14. The second-order valence-electron chi connectivity index (χ2n) is 9.30. The molecule has 32 heavy (non-hydrogen) atoms. The summed E-state index contributed by atoms with van der Waals surface area (Å²) in [5.41, 5.74) is 5.09. The number of hydrogen-bond acceptors (Lipinski definition) is 2. The van der Waals surface area contributed by atoms with Crippen LogP contribution in [0.25, 0.3) is 0 Å². The van der Waals surface area contributed by atoms with Crippen molar-refractivity contribution in [1.29, 1.82) is 0 Å². The van der Waals surface area contributed by atoms with Crippen LogP contribution < -0.4 is 11.1 Å². The molecule has 198 valence electrons. The van der Waals surface area contributed by atoms with Crippen LogP contribution in [0.4, 0.5) is 4.79 Å². The first-order chi connectivity index (χ1) is 15.6. The summed E-state index contributed by atoms with van der Waals surface area (Å²) in [6.45, 7) is 9.69. The van der Waals surface area contributed by atoms with Crippen LogP contribution in [0.1, 0.15) is 159 Å². The average molecular weight is 477 g/mol. The highest BCUT2D eigenvalue weighted by Gasteiger charge is 2.07. The molecule has 0 spiro atoms. The van der Waals surface area contributed by atoms with E-state index in [-0.39, 0.29) is 2.85 Å². The standard InChI is InChI=1S/C16H34N2OS.C12H26.2H2/c1-3-5-6-7-8-9-10-11-12-13-20-15(4-2)14-18-16(17)19;1-3-5-7-9-11-12-10-8-6-4-2;;/h15H,3-14H2,1-2H3,(H3,17,18,19);3-12H2,1-2H3;2*1H. The van der Waals surface area contributed by atoms with Gasteiger partial charge in [0.1, 0.15) is 0 Å². The van der Waals surface area contributed by atoms with Gasteiger partial charge in [-0.05, 0) is 18.6 Å². The number of primary amides is 1. The molecule has 1 atom stereocenters. The molecule has 0 aliphatic rings. The third-order valence-corrected chi connectivity index (χ3v) is 7.51. The molecule has 0 rings (SSSR count). The van der Waals surface area contributed by atoms with Crippen molar-refractivity contribution in [3.8, 4) is 0 Å². The van der Waals surface area contributed by atoms with Crippen molar-refractivity contribution in [2.45, 2.75) is 161 Å². The minimum absolute atomic E-state index is 0. The zero-order chi connectivity index (χ0) is 24.1. The van der Waals surface area contributed by atoms with Crippen LogP contribution in [0.15, 0.2) is 0 Å². The fourth-order valence-electron chi connectivity index (χ4n) is 3.76. The third kappa shape index (κ3) is 31.8. The van der Waals surface area contributed by atoms with Crippen molar-refractivity contribution in [3.63, 3.8) is 0 Å². The van der Waals surface area contributed by atoms with Crippen LogP contribution in [0, 0.1) is 0 Å². The van der Waals surface area contributed by atoms with Crippen molar-refractivity contribution >= 4 is 17.8 Å². The molecule has 0 fully saturated rings. The molecule has 4 heteroatoms. The summed E-state index contributed by atoms with van der Waals surface area (Å²) in [6, 6.07) is -0.410. The Hall–Kier alpha value is -0.380. The Morgan fingerprint density at radius 3 is 1.31 bits per heavy atom. The average Bonchev–Trinajstić information content (AvgIpc) is 2.79. The molecule has 3 N–H and O–H groups in total. The van der Waals surface area contributed by atoms with Crippen molar-refractivity contribution in [2.75, 3.05) is 12.3 Å². The van der Waals surface area contributed by atoms with E-state index in [1.807, 2.05) is 11.8 Å². The highest BCUT2D eigenvalue weighted by molar-refractivity contribution is 7.99. The molecule has 0 aliphatic carbocycles. The quantitative estimate of drug-likeness (QED) is 0.144. The second kappa shape index (κ2) is 30.6. The predicted octanol–water partition coefficient (Wildman–Crippen LogP) is 10.1. The van der Waals surface area contributed by atoms with Gasteiger partial charge in [0, 0.05) is 14.6 Å². The Morgan fingerprint density at radius 2 is 1.00 bits per heavy atom.